The molecule has 1 aliphatic carbocycles. The van der Waals surface area contributed by atoms with Crippen molar-refractivity contribution in [3.05, 3.63) is 0 Å². The van der Waals surface area contributed by atoms with Gasteiger partial charge in [-0.3, -0.25) is 0 Å². The molecule has 0 aromatic heterocycles. The van der Waals surface area contributed by atoms with Crippen LogP contribution in [0.3, 0.4) is 0 Å². The molecule has 2 fully saturated rings. The van der Waals surface area contributed by atoms with Crippen LogP contribution in [-0.2, 0) is 4.74 Å². The third-order valence-electron chi connectivity index (χ3n) is 3.10. The van der Waals surface area contributed by atoms with Crippen molar-refractivity contribution in [2.45, 2.75) is 38.2 Å². The van der Waals surface area contributed by atoms with Gasteiger partial charge in [0.15, 0.2) is 0 Å². The average molecular weight is 169 g/mol. The Morgan fingerprint density at radius 1 is 1.17 bits per heavy atom. The first kappa shape index (κ1) is 8.52. The van der Waals surface area contributed by atoms with Gasteiger partial charge in [0.1, 0.15) is 0 Å². The molecule has 0 aromatic rings. The third-order valence-corrected chi connectivity index (χ3v) is 3.10. The second kappa shape index (κ2) is 4.24. The van der Waals surface area contributed by atoms with E-state index in [0.717, 1.165) is 25.6 Å². The van der Waals surface area contributed by atoms with Crippen molar-refractivity contribution in [1.29, 1.82) is 0 Å². The molecule has 0 unspecified atom stereocenters. The van der Waals surface area contributed by atoms with Crippen LogP contribution in [-0.4, -0.2) is 25.8 Å². The van der Waals surface area contributed by atoms with Crippen LogP contribution in [0.2, 0.25) is 0 Å². The zero-order chi connectivity index (χ0) is 8.23. The molecule has 2 aliphatic rings. The van der Waals surface area contributed by atoms with E-state index >= 15 is 0 Å². The van der Waals surface area contributed by atoms with Crippen molar-refractivity contribution in [3.63, 3.8) is 0 Å². The standard InChI is InChI=1S/C10H19NO/c1-2-4-9(3-1)5-6-12-10-7-11-8-10/h9-11H,1-8H2. The average Bonchev–Trinajstić information content (AvgIpc) is 2.46. The van der Waals surface area contributed by atoms with Gasteiger partial charge in [-0.2, -0.15) is 0 Å². The van der Waals surface area contributed by atoms with Gasteiger partial charge in [-0.25, -0.2) is 0 Å². The van der Waals surface area contributed by atoms with Gasteiger partial charge in [0.2, 0.25) is 0 Å². The van der Waals surface area contributed by atoms with Crippen molar-refractivity contribution in [2.24, 2.45) is 5.92 Å². The summed E-state index contributed by atoms with van der Waals surface area (Å²) in [5, 5.41) is 3.21. The lowest BCUT2D eigenvalue weighted by Gasteiger charge is -2.27. The van der Waals surface area contributed by atoms with Crippen LogP contribution in [0.25, 0.3) is 0 Å². The Balaban J connectivity index is 1.49. The predicted octanol–water partition coefficient (Wildman–Crippen LogP) is 1.56. The first-order valence-electron chi connectivity index (χ1n) is 5.27. The minimum absolute atomic E-state index is 0.534. The van der Waals surface area contributed by atoms with Crippen molar-refractivity contribution in [3.8, 4) is 0 Å². The second-order valence-electron chi connectivity index (χ2n) is 4.09. The Morgan fingerprint density at radius 2 is 1.92 bits per heavy atom. The van der Waals surface area contributed by atoms with E-state index in [4.69, 9.17) is 4.74 Å². The first-order valence-corrected chi connectivity index (χ1v) is 5.27. The molecule has 1 saturated heterocycles. The fourth-order valence-corrected chi connectivity index (χ4v) is 2.08. The van der Waals surface area contributed by atoms with Crippen molar-refractivity contribution < 1.29 is 4.74 Å². The largest absolute Gasteiger partial charge is 0.376 e. The molecule has 70 valence electrons. The Morgan fingerprint density at radius 3 is 2.50 bits per heavy atom. The zero-order valence-corrected chi connectivity index (χ0v) is 7.72. The van der Waals surface area contributed by atoms with Gasteiger partial charge < -0.3 is 10.1 Å². The molecule has 2 nitrogen and oxygen atoms in total. The van der Waals surface area contributed by atoms with E-state index in [1.54, 1.807) is 0 Å². The summed E-state index contributed by atoms with van der Waals surface area (Å²) in [6.45, 7) is 3.15. The van der Waals surface area contributed by atoms with Crippen molar-refractivity contribution >= 4 is 0 Å². The van der Waals surface area contributed by atoms with E-state index in [1.807, 2.05) is 0 Å². The maximum atomic E-state index is 5.68. The van der Waals surface area contributed by atoms with Crippen LogP contribution in [0.4, 0.5) is 0 Å². The maximum Gasteiger partial charge on any atom is 0.0823 e. The van der Waals surface area contributed by atoms with E-state index in [9.17, 15) is 0 Å². The Kier molecular flexibility index (Phi) is 3.01. The molecule has 1 N–H and O–H groups in total. The highest BCUT2D eigenvalue weighted by atomic mass is 16.5. The predicted molar refractivity (Wildman–Crippen MR) is 49.2 cm³/mol. The van der Waals surface area contributed by atoms with Crippen LogP contribution < -0.4 is 5.32 Å². The highest BCUT2D eigenvalue weighted by molar-refractivity contribution is 4.75. The first-order chi connectivity index (χ1) is 5.95. The van der Waals surface area contributed by atoms with E-state index in [2.05, 4.69) is 5.32 Å². The summed E-state index contributed by atoms with van der Waals surface area (Å²) >= 11 is 0. The summed E-state index contributed by atoms with van der Waals surface area (Å²) in [6.07, 6.45) is 7.65. The van der Waals surface area contributed by atoms with Gasteiger partial charge >= 0.3 is 0 Å². The second-order valence-corrected chi connectivity index (χ2v) is 4.09. The van der Waals surface area contributed by atoms with Gasteiger partial charge in [0.05, 0.1) is 6.10 Å². The van der Waals surface area contributed by atoms with Gasteiger partial charge in [0, 0.05) is 19.7 Å². The van der Waals surface area contributed by atoms with Gasteiger partial charge in [-0.05, 0) is 12.3 Å². The number of hydrogen-bond acceptors (Lipinski definition) is 2. The lowest BCUT2D eigenvalue weighted by atomic mass is 10.1. The number of nitrogens with one attached hydrogen (secondary N) is 1. The minimum atomic E-state index is 0.534. The molecule has 1 heterocycles. The number of rotatable bonds is 4. The fraction of sp³-hybridized carbons (Fsp3) is 1.00. The van der Waals surface area contributed by atoms with Gasteiger partial charge in [-0.1, -0.05) is 25.7 Å². The zero-order valence-electron chi connectivity index (χ0n) is 7.72. The van der Waals surface area contributed by atoms with E-state index in [0.29, 0.717) is 6.10 Å². The number of hydrogen-bond donors (Lipinski definition) is 1. The summed E-state index contributed by atoms with van der Waals surface area (Å²) in [5.41, 5.74) is 0. The molecule has 2 rings (SSSR count). The summed E-state index contributed by atoms with van der Waals surface area (Å²) in [7, 11) is 0. The molecular weight excluding hydrogens is 150 g/mol. The molecule has 1 saturated carbocycles. The van der Waals surface area contributed by atoms with Crippen molar-refractivity contribution in [2.75, 3.05) is 19.7 Å². The van der Waals surface area contributed by atoms with E-state index in [1.165, 1.54) is 32.1 Å². The smallest absolute Gasteiger partial charge is 0.0823 e. The monoisotopic (exact) mass is 169 g/mol. The molecule has 0 bridgehead atoms. The number of ether oxygens (including phenoxy) is 1. The molecule has 12 heavy (non-hydrogen) atoms. The molecule has 2 heteroatoms. The fourth-order valence-electron chi connectivity index (χ4n) is 2.08. The summed E-state index contributed by atoms with van der Waals surface area (Å²) in [5.74, 6) is 0.984. The normalized spacial score (nSPS) is 26.0. The molecule has 0 spiro atoms. The van der Waals surface area contributed by atoms with Gasteiger partial charge in [-0.15, -0.1) is 0 Å². The molecule has 0 atom stereocenters. The highest BCUT2D eigenvalue weighted by Crippen LogP contribution is 2.27. The highest BCUT2D eigenvalue weighted by Gasteiger charge is 2.19. The quantitative estimate of drug-likeness (QED) is 0.689. The Labute approximate surface area is 74.7 Å². The molecule has 1 aliphatic heterocycles. The summed E-state index contributed by atoms with van der Waals surface area (Å²) in [4.78, 5) is 0. The summed E-state index contributed by atoms with van der Waals surface area (Å²) in [6, 6.07) is 0. The van der Waals surface area contributed by atoms with Crippen LogP contribution in [0.5, 0.6) is 0 Å². The van der Waals surface area contributed by atoms with Crippen LogP contribution in [0.15, 0.2) is 0 Å². The van der Waals surface area contributed by atoms with Crippen LogP contribution in [0.1, 0.15) is 32.1 Å². The lowest BCUT2D eigenvalue weighted by molar-refractivity contribution is 0.0125. The maximum absolute atomic E-state index is 5.68. The topological polar surface area (TPSA) is 21.3 Å². The minimum Gasteiger partial charge on any atom is -0.376 e. The SMILES string of the molecule is C1CCC(CCOC2CNC2)C1. The summed E-state index contributed by atoms with van der Waals surface area (Å²) < 4.78 is 5.68. The van der Waals surface area contributed by atoms with Gasteiger partial charge in [0.25, 0.3) is 0 Å². The van der Waals surface area contributed by atoms with Crippen LogP contribution in [0, 0.1) is 5.92 Å². The molecule has 0 amide bonds. The third kappa shape index (κ3) is 2.20. The molecule has 0 aromatic carbocycles. The van der Waals surface area contributed by atoms with Crippen LogP contribution >= 0.6 is 0 Å². The van der Waals surface area contributed by atoms with Crippen molar-refractivity contribution in [1.82, 2.24) is 5.32 Å². The Hall–Kier alpha value is -0.0800. The van der Waals surface area contributed by atoms with E-state index in [-0.39, 0.29) is 0 Å². The molecular formula is C10H19NO. The molecule has 0 radical (unpaired) electrons. The van der Waals surface area contributed by atoms with E-state index < -0.39 is 0 Å². The lowest BCUT2D eigenvalue weighted by Crippen LogP contribution is -2.48. The Bertz CT molecular complexity index is 128.